The predicted molar refractivity (Wildman–Crippen MR) is 114 cm³/mol. The molecule has 0 bridgehead atoms. The molecule has 8 heteroatoms. The monoisotopic (exact) mass is 409 g/mol. The highest BCUT2D eigenvalue weighted by molar-refractivity contribution is 6.29. The number of benzene rings is 1. The molecule has 1 aliphatic carbocycles. The maximum Gasteiger partial charge on any atom is 0.355 e. The van der Waals surface area contributed by atoms with Gasteiger partial charge in [-0.1, -0.05) is 35.9 Å². The normalized spacial score (nSPS) is 12.4. The first-order valence-electron chi connectivity index (χ1n) is 9.32. The van der Waals surface area contributed by atoms with Crippen molar-refractivity contribution in [3.05, 3.63) is 85.4 Å². The Kier molecular flexibility index (Phi) is 5.07. The third-order valence-corrected chi connectivity index (χ3v) is 5.01. The van der Waals surface area contributed by atoms with Gasteiger partial charge in [0, 0.05) is 17.9 Å². The van der Waals surface area contributed by atoms with Gasteiger partial charge in [-0.25, -0.2) is 19.1 Å². The molecule has 148 valence electrons. The van der Waals surface area contributed by atoms with Crippen molar-refractivity contribution in [2.45, 2.75) is 32.9 Å². The van der Waals surface area contributed by atoms with E-state index in [0.717, 1.165) is 27.8 Å². The third kappa shape index (κ3) is 3.86. The summed E-state index contributed by atoms with van der Waals surface area (Å²) in [6, 6.07) is 9.06. The number of nitrogens with one attached hydrogen (secondary N) is 1. The second kappa shape index (κ2) is 7.67. The van der Waals surface area contributed by atoms with Gasteiger partial charge in [-0.3, -0.25) is 4.57 Å². The van der Waals surface area contributed by atoms with E-state index >= 15 is 0 Å². The summed E-state index contributed by atoms with van der Waals surface area (Å²) in [4.78, 5) is 33.8. The first kappa shape index (κ1) is 19.1. The molecule has 1 N–H and O–H groups in total. The number of nitrogens with zero attached hydrogens (tertiary/aromatic N) is 4. The average Bonchev–Trinajstić information content (AvgIpc) is 3.14. The quantitative estimate of drug-likeness (QED) is 0.653. The Morgan fingerprint density at radius 2 is 2.03 bits per heavy atom. The van der Waals surface area contributed by atoms with Crippen molar-refractivity contribution in [3.8, 4) is 0 Å². The lowest BCUT2D eigenvalue weighted by molar-refractivity contribution is 0.497. The first-order chi connectivity index (χ1) is 13.9. The summed E-state index contributed by atoms with van der Waals surface area (Å²) >= 11 is 5.86. The number of pyridine rings is 1. The summed E-state index contributed by atoms with van der Waals surface area (Å²) in [5.74, 6) is 0.189. The van der Waals surface area contributed by atoms with Crippen molar-refractivity contribution in [3.63, 3.8) is 0 Å². The molecule has 3 aromatic rings. The van der Waals surface area contributed by atoms with Crippen LogP contribution in [0.2, 0.25) is 5.15 Å². The highest BCUT2D eigenvalue weighted by Crippen LogP contribution is 2.24. The van der Waals surface area contributed by atoms with Gasteiger partial charge in [0.25, 0.3) is 0 Å². The molecule has 0 aliphatic heterocycles. The fourth-order valence-electron chi connectivity index (χ4n) is 3.33. The molecule has 0 amide bonds. The van der Waals surface area contributed by atoms with Crippen LogP contribution < -0.4 is 16.7 Å². The number of fused-ring (bicyclic) bond motifs is 1. The van der Waals surface area contributed by atoms with Gasteiger partial charge >= 0.3 is 11.4 Å². The molecule has 0 unspecified atom stereocenters. The van der Waals surface area contributed by atoms with E-state index in [1.165, 1.54) is 10.1 Å². The number of hydrogen-bond acceptors (Lipinski definition) is 5. The topological polar surface area (TPSA) is 81.8 Å². The molecular weight excluding hydrogens is 390 g/mol. The fourth-order valence-corrected chi connectivity index (χ4v) is 3.44. The van der Waals surface area contributed by atoms with Crippen LogP contribution in [0.25, 0.3) is 6.08 Å². The molecule has 0 atom stereocenters. The fraction of sp³-hybridized carbons (Fsp3) is 0.238. The number of allylic oxidation sites excluding steroid dienone is 1. The number of hydrogen-bond donors (Lipinski definition) is 1. The van der Waals surface area contributed by atoms with E-state index < -0.39 is 11.4 Å². The smallest absolute Gasteiger partial charge is 0.325 e. The summed E-state index contributed by atoms with van der Waals surface area (Å²) in [5, 5.41) is 3.51. The van der Waals surface area contributed by atoms with E-state index in [0.29, 0.717) is 5.15 Å². The SMILES string of the molecule is CC(C)n1c(=O)nc(Nc2ccc3c(c2)C=CC3)n(Cc2ccc(Cl)nc2)c1=O. The van der Waals surface area contributed by atoms with Gasteiger partial charge in [0.1, 0.15) is 5.15 Å². The molecule has 0 saturated carbocycles. The van der Waals surface area contributed by atoms with Crippen LogP contribution in [0, 0.1) is 0 Å². The molecule has 0 fully saturated rings. The summed E-state index contributed by atoms with van der Waals surface area (Å²) in [5.41, 5.74) is 2.86. The number of rotatable bonds is 5. The van der Waals surface area contributed by atoms with Gasteiger partial charge < -0.3 is 5.32 Å². The van der Waals surface area contributed by atoms with Crippen molar-refractivity contribution >= 4 is 29.3 Å². The summed E-state index contributed by atoms with van der Waals surface area (Å²) in [7, 11) is 0. The average molecular weight is 410 g/mol. The number of halogens is 1. The van der Waals surface area contributed by atoms with Crippen molar-refractivity contribution in [2.24, 2.45) is 0 Å². The summed E-state index contributed by atoms with van der Waals surface area (Å²) in [6.07, 6.45) is 6.66. The maximum atomic E-state index is 13.1. The van der Waals surface area contributed by atoms with Crippen LogP contribution in [0.5, 0.6) is 0 Å². The van der Waals surface area contributed by atoms with Gasteiger partial charge in [-0.2, -0.15) is 4.98 Å². The second-order valence-electron chi connectivity index (χ2n) is 7.18. The second-order valence-corrected chi connectivity index (χ2v) is 7.57. The Bertz CT molecular complexity index is 1210. The molecule has 0 saturated heterocycles. The van der Waals surface area contributed by atoms with E-state index in [1.807, 2.05) is 18.2 Å². The molecule has 29 heavy (non-hydrogen) atoms. The van der Waals surface area contributed by atoms with Crippen LogP contribution >= 0.6 is 11.6 Å². The van der Waals surface area contributed by atoms with Gasteiger partial charge in [0.05, 0.1) is 6.54 Å². The van der Waals surface area contributed by atoms with Crippen LogP contribution in [-0.4, -0.2) is 19.1 Å². The van der Waals surface area contributed by atoms with E-state index in [2.05, 4.69) is 27.4 Å². The molecule has 4 rings (SSSR count). The van der Waals surface area contributed by atoms with Gasteiger partial charge in [0.2, 0.25) is 5.95 Å². The van der Waals surface area contributed by atoms with Crippen LogP contribution in [0.15, 0.2) is 52.2 Å². The first-order valence-corrected chi connectivity index (χ1v) is 9.70. The highest BCUT2D eigenvalue weighted by atomic mass is 35.5. The minimum absolute atomic E-state index is 0.189. The van der Waals surface area contributed by atoms with Gasteiger partial charge in [-0.05, 0) is 55.2 Å². The Morgan fingerprint density at radius 3 is 2.76 bits per heavy atom. The van der Waals surface area contributed by atoms with E-state index in [9.17, 15) is 9.59 Å². The number of anilines is 2. The van der Waals surface area contributed by atoms with Crippen molar-refractivity contribution in [2.75, 3.05) is 5.32 Å². The van der Waals surface area contributed by atoms with E-state index in [-0.39, 0.29) is 18.5 Å². The number of aromatic nitrogens is 4. The van der Waals surface area contributed by atoms with E-state index in [1.54, 1.807) is 32.2 Å². The zero-order valence-electron chi connectivity index (χ0n) is 16.1. The van der Waals surface area contributed by atoms with Crippen LogP contribution in [0.3, 0.4) is 0 Å². The minimum atomic E-state index is -0.584. The Hall–Kier alpha value is -3.19. The largest absolute Gasteiger partial charge is 0.355 e. The molecule has 1 aliphatic rings. The predicted octanol–water partition coefficient (Wildman–Crippen LogP) is 3.40. The minimum Gasteiger partial charge on any atom is -0.325 e. The zero-order chi connectivity index (χ0) is 20.5. The lowest BCUT2D eigenvalue weighted by Gasteiger charge is -2.17. The lowest BCUT2D eigenvalue weighted by Crippen LogP contribution is -2.43. The molecular formula is C21H20ClN5O2. The van der Waals surface area contributed by atoms with Crippen LogP contribution in [0.4, 0.5) is 11.6 Å². The van der Waals surface area contributed by atoms with Crippen molar-refractivity contribution in [1.82, 2.24) is 19.1 Å². The molecule has 1 aromatic carbocycles. The summed E-state index contributed by atoms with van der Waals surface area (Å²) in [6.45, 7) is 3.76. The van der Waals surface area contributed by atoms with Gasteiger partial charge in [-0.15, -0.1) is 0 Å². The standard InChI is InChI=1S/C21H20ClN5O2/c1-13(2)27-20(28)25-19(24-17-8-7-15-4-3-5-16(15)10-17)26(21(27)29)12-14-6-9-18(22)23-11-14/h3,5-11,13H,4,12H2,1-2H3,(H,24,25,28). The Labute approximate surface area is 172 Å². The van der Waals surface area contributed by atoms with E-state index in [4.69, 9.17) is 11.6 Å². The zero-order valence-corrected chi connectivity index (χ0v) is 16.8. The molecule has 2 aromatic heterocycles. The van der Waals surface area contributed by atoms with Crippen molar-refractivity contribution < 1.29 is 0 Å². The van der Waals surface area contributed by atoms with Gasteiger partial charge in [0.15, 0.2) is 0 Å². The molecule has 0 radical (unpaired) electrons. The lowest BCUT2D eigenvalue weighted by atomic mass is 10.1. The molecule has 7 nitrogen and oxygen atoms in total. The van der Waals surface area contributed by atoms with Crippen LogP contribution in [0.1, 0.15) is 36.6 Å². The Balaban J connectivity index is 1.79. The molecule has 0 spiro atoms. The van der Waals surface area contributed by atoms with Crippen LogP contribution in [-0.2, 0) is 13.0 Å². The Morgan fingerprint density at radius 1 is 1.21 bits per heavy atom. The summed E-state index contributed by atoms with van der Waals surface area (Å²) < 4.78 is 2.58. The van der Waals surface area contributed by atoms with Crippen molar-refractivity contribution in [1.29, 1.82) is 0 Å². The highest BCUT2D eigenvalue weighted by Gasteiger charge is 2.16. The maximum absolute atomic E-state index is 13.1. The third-order valence-electron chi connectivity index (χ3n) is 4.78. The molecule has 2 heterocycles.